The first kappa shape index (κ1) is 22.2. The molecule has 0 saturated carbocycles. The zero-order valence-electron chi connectivity index (χ0n) is 19.2. The molecule has 0 N–H and O–H groups in total. The molecule has 1 aliphatic rings. The lowest BCUT2D eigenvalue weighted by molar-refractivity contribution is 0.187. The van der Waals surface area contributed by atoms with Crippen molar-refractivity contribution in [2.45, 2.75) is 38.8 Å². The van der Waals surface area contributed by atoms with Crippen LogP contribution in [0, 0.1) is 5.82 Å². The molecule has 1 aliphatic heterocycles. The highest BCUT2D eigenvalue weighted by atomic mass is 19.1. The lowest BCUT2D eigenvalue weighted by Gasteiger charge is -2.40. The van der Waals surface area contributed by atoms with Crippen LogP contribution in [0.1, 0.15) is 44.6 Å². The maximum absolute atomic E-state index is 13.7. The van der Waals surface area contributed by atoms with E-state index in [0.717, 1.165) is 55.4 Å². The third-order valence-electron chi connectivity index (χ3n) is 6.46. The zero-order valence-corrected chi connectivity index (χ0v) is 19.2. The predicted octanol–water partition coefficient (Wildman–Crippen LogP) is 3.88. The Morgan fingerprint density at radius 2 is 1.78 bits per heavy atom. The minimum absolute atomic E-state index is 0.149. The maximum Gasteiger partial charge on any atom is 0.173 e. The van der Waals surface area contributed by atoms with E-state index in [0.29, 0.717) is 0 Å². The summed E-state index contributed by atoms with van der Waals surface area (Å²) in [6.45, 7) is 9.79. The lowest BCUT2D eigenvalue weighted by Crippen LogP contribution is -2.48. The summed E-state index contributed by atoms with van der Waals surface area (Å²) in [6.07, 6.45) is 0.894. The molecule has 170 valence electrons. The summed E-state index contributed by atoms with van der Waals surface area (Å²) >= 11 is 0. The molecule has 2 heterocycles. The number of benzene rings is 2. The first-order valence-electron chi connectivity index (χ1n) is 11.1. The first-order chi connectivity index (χ1) is 15.4. The fourth-order valence-corrected chi connectivity index (χ4v) is 4.16. The number of tetrazole rings is 1. The molecule has 0 bridgehead atoms. The summed E-state index contributed by atoms with van der Waals surface area (Å²) in [5.41, 5.74) is 1.92. The van der Waals surface area contributed by atoms with Gasteiger partial charge in [-0.1, -0.05) is 25.1 Å². The topological polar surface area (TPSA) is 59.3 Å². The average molecular weight is 439 g/mol. The molecular formula is C24H31FN6O. The Kier molecular flexibility index (Phi) is 6.41. The van der Waals surface area contributed by atoms with E-state index < -0.39 is 0 Å². The van der Waals surface area contributed by atoms with Gasteiger partial charge in [-0.25, -0.2) is 9.07 Å². The van der Waals surface area contributed by atoms with Gasteiger partial charge < -0.3 is 9.64 Å². The van der Waals surface area contributed by atoms with Gasteiger partial charge in [0.15, 0.2) is 5.82 Å². The summed E-state index contributed by atoms with van der Waals surface area (Å²) in [4.78, 5) is 4.75. The van der Waals surface area contributed by atoms with E-state index in [4.69, 9.17) is 4.74 Å². The van der Waals surface area contributed by atoms with Crippen LogP contribution < -0.4 is 9.64 Å². The van der Waals surface area contributed by atoms with Gasteiger partial charge in [0.2, 0.25) is 0 Å². The summed E-state index contributed by atoms with van der Waals surface area (Å²) in [7, 11) is 1.69. The number of hydrogen-bond donors (Lipinski definition) is 0. The number of hydrogen-bond acceptors (Lipinski definition) is 6. The fourth-order valence-electron chi connectivity index (χ4n) is 4.16. The SMILES string of the molecule is CCC(C)(C)n1nnnc1C(c1ccc(F)cc1)N1CCN(c2cccc(OC)c2)CC1. The van der Waals surface area contributed by atoms with Gasteiger partial charge in [-0.15, -0.1) is 5.10 Å². The van der Waals surface area contributed by atoms with Crippen LogP contribution in [0.25, 0.3) is 0 Å². The van der Waals surface area contributed by atoms with E-state index >= 15 is 0 Å². The molecule has 1 unspecified atom stereocenters. The largest absolute Gasteiger partial charge is 0.497 e. The Balaban J connectivity index is 1.62. The number of methoxy groups -OCH3 is 1. The number of rotatable bonds is 7. The second kappa shape index (κ2) is 9.24. The van der Waals surface area contributed by atoms with Crippen molar-refractivity contribution in [1.29, 1.82) is 0 Å². The van der Waals surface area contributed by atoms with Crippen molar-refractivity contribution < 1.29 is 9.13 Å². The molecule has 0 aliphatic carbocycles. The molecule has 0 spiro atoms. The number of anilines is 1. The van der Waals surface area contributed by atoms with E-state index in [1.807, 2.05) is 28.9 Å². The Morgan fingerprint density at radius 3 is 2.44 bits per heavy atom. The van der Waals surface area contributed by atoms with E-state index in [9.17, 15) is 4.39 Å². The monoisotopic (exact) mass is 438 g/mol. The van der Waals surface area contributed by atoms with Crippen molar-refractivity contribution in [2.75, 3.05) is 38.2 Å². The van der Waals surface area contributed by atoms with Crippen molar-refractivity contribution in [3.8, 4) is 5.75 Å². The van der Waals surface area contributed by atoms with Crippen LogP contribution in [0.2, 0.25) is 0 Å². The van der Waals surface area contributed by atoms with Crippen LogP contribution >= 0.6 is 0 Å². The molecule has 1 saturated heterocycles. The van der Waals surface area contributed by atoms with Gasteiger partial charge in [0.25, 0.3) is 0 Å². The van der Waals surface area contributed by atoms with Crippen LogP contribution in [-0.4, -0.2) is 58.4 Å². The third-order valence-corrected chi connectivity index (χ3v) is 6.46. The van der Waals surface area contributed by atoms with Gasteiger partial charge in [-0.05, 0) is 60.5 Å². The van der Waals surface area contributed by atoms with E-state index in [1.165, 1.54) is 12.1 Å². The van der Waals surface area contributed by atoms with Crippen LogP contribution in [0.5, 0.6) is 5.75 Å². The number of aromatic nitrogens is 4. The highest BCUT2D eigenvalue weighted by molar-refractivity contribution is 5.51. The zero-order chi connectivity index (χ0) is 22.7. The quantitative estimate of drug-likeness (QED) is 0.558. The lowest BCUT2D eigenvalue weighted by atomic mass is 9.99. The van der Waals surface area contributed by atoms with Crippen molar-refractivity contribution in [3.63, 3.8) is 0 Å². The Hall–Kier alpha value is -3.00. The highest BCUT2D eigenvalue weighted by Gasteiger charge is 2.34. The van der Waals surface area contributed by atoms with E-state index in [1.54, 1.807) is 7.11 Å². The van der Waals surface area contributed by atoms with Crippen LogP contribution in [-0.2, 0) is 5.54 Å². The van der Waals surface area contributed by atoms with Crippen molar-refractivity contribution in [3.05, 3.63) is 65.7 Å². The molecule has 0 radical (unpaired) electrons. The molecule has 3 aromatic rings. The number of ether oxygens (including phenoxy) is 1. The standard InChI is InChI=1S/C24H31FN6O/c1-5-24(2,3)31-23(26-27-28-31)22(18-9-11-19(25)12-10-18)30-15-13-29(14-16-30)20-7-6-8-21(17-20)32-4/h6-12,17,22H,5,13-16H2,1-4H3. The normalized spacial score (nSPS) is 16.2. The van der Waals surface area contributed by atoms with Gasteiger partial charge in [-0.3, -0.25) is 4.90 Å². The second-order valence-electron chi connectivity index (χ2n) is 8.79. The minimum atomic E-state index is -0.246. The van der Waals surface area contributed by atoms with Crippen LogP contribution in [0.4, 0.5) is 10.1 Å². The van der Waals surface area contributed by atoms with E-state index in [-0.39, 0.29) is 17.4 Å². The number of halogens is 1. The average Bonchev–Trinajstić information content (AvgIpc) is 3.31. The number of nitrogens with zero attached hydrogens (tertiary/aromatic N) is 6. The molecule has 1 aromatic heterocycles. The Labute approximate surface area is 188 Å². The first-order valence-corrected chi connectivity index (χ1v) is 11.1. The molecule has 2 aromatic carbocycles. The molecular weight excluding hydrogens is 407 g/mol. The third kappa shape index (κ3) is 4.46. The molecule has 7 nitrogen and oxygen atoms in total. The molecule has 32 heavy (non-hydrogen) atoms. The van der Waals surface area contributed by atoms with Gasteiger partial charge in [0.05, 0.1) is 18.7 Å². The summed E-state index contributed by atoms with van der Waals surface area (Å²) in [5, 5.41) is 12.8. The second-order valence-corrected chi connectivity index (χ2v) is 8.79. The van der Waals surface area contributed by atoms with Gasteiger partial charge >= 0.3 is 0 Å². The summed E-state index contributed by atoms with van der Waals surface area (Å²) in [5.74, 6) is 1.40. The summed E-state index contributed by atoms with van der Waals surface area (Å²) in [6, 6.07) is 14.7. The molecule has 1 atom stereocenters. The highest BCUT2D eigenvalue weighted by Crippen LogP contribution is 2.32. The van der Waals surface area contributed by atoms with Crippen molar-refractivity contribution in [1.82, 2.24) is 25.1 Å². The van der Waals surface area contributed by atoms with Gasteiger partial charge in [0, 0.05) is 37.9 Å². The van der Waals surface area contributed by atoms with E-state index in [2.05, 4.69) is 58.2 Å². The van der Waals surface area contributed by atoms with Gasteiger partial charge in [0.1, 0.15) is 11.6 Å². The van der Waals surface area contributed by atoms with Crippen molar-refractivity contribution >= 4 is 5.69 Å². The van der Waals surface area contributed by atoms with Crippen molar-refractivity contribution in [2.24, 2.45) is 0 Å². The number of piperazine rings is 1. The van der Waals surface area contributed by atoms with Gasteiger partial charge in [-0.2, -0.15) is 0 Å². The maximum atomic E-state index is 13.7. The smallest absolute Gasteiger partial charge is 0.173 e. The predicted molar refractivity (Wildman–Crippen MR) is 122 cm³/mol. The fraction of sp³-hybridized carbons (Fsp3) is 0.458. The molecule has 1 fully saturated rings. The molecule has 4 rings (SSSR count). The Morgan fingerprint density at radius 1 is 1.06 bits per heavy atom. The summed E-state index contributed by atoms with van der Waals surface area (Å²) < 4.78 is 21.0. The van der Waals surface area contributed by atoms with Crippen LogP contribution in [0.3, 0.4) is 0 Å². The Bertz CT molecular complexity index is 1030. The molecule has 8 heteroatoms. The molecule has 0 amide bonds. The van der Waals surface area contributed by atoms with Crippen LogP contribution in [0.15, 0.2) is 48.5 Å². The minimum Gasteiger partial charge on any atom is -0.497 e.